The molecule has 0 aromatic heterocycles. The maximum atomic E-state index is 14.2. The van der Waals surface area contributed by atoms with Crippen LogP contribution in [-0.4, -0.2) is 82.3 Å². The van der Waals surface area contributed by atoms with Gasteiger partial charge in [-0.05, 0) is 41.5 Å². The number of phenols is 5. The molecule has 14 nitrogen and oxygen atoms in total. The molecule has 14 heteroatoms. The summed E-state index contributed by atoms with van der Waals surface area (Å²) in [5.41, 5.74) is 0.187. The van der Waals surface area contributed by atoms with Crippen molar-refractivity contribution >= 4 is 11.9 Å². The van der Waals surface area contributed by atoms with Crippen molar-refractivity contribution in [2.24, 2.45) is 5.92 Å². The zero-order valence-corrected chi connectivity index (χ0v) is 23.1. The summed E-state index contributed by atoms with van der Waals surface area (Å²) in [6.07, 6.45) is -8.60. The van der Waals surface area contributed by atoms with E-state index in [4.69, 9.17) is 14.2 Å². The van der Waals surface area contributed by atoms with Crippen LogP contribution in [0.15, 0.2) is 60.2 Å². The summed E-state index contributed by atoms with van der Waals surface area (Å²) < 4.78 is 17.8. The number of aliphatic hydroxyl groups is 3. The lowest BCUT2D eigenvalue weighted by atomic mass is 9.71. The van der Waals surface area contributed by atoms with Crippen molar-refractivity contribution in [3.8, 4) is 40.2 Å². The highest BCUT2D eigenvalue weighted by Crippen LogP contribution is 2.58. The molecule has 1 aliphatic carbocycles. The lowest BCUT2D eigenvalue weighted by molar-refractivity contribution is -0.174. The monoisotopic (exact) mass is 624 g/mol. The van der Waals surface area contributed by atoms with Crippen molar-refractivity contribution in [3.05, 3.63) is 76.9 Å². The van der Waals surface area contributed by atoms with Gasteiger partial charge in [0.25, 0.3) is 0 Å². The van der Waals surface area contributed by atoms with Crippen molar-refractivity contribution in [1.29, 1.82) is 0 Å². The first-order valence-corrected chi connectivity index (χ1v) is 13.8. The van der Waals surface area contributed by atoms with Crippen LogP contribution in [0.4, 0.5) is 0 Å². The van der Waals surface area contributed by atoms with Crippen molar-refractivity contribution in [2.45, 2.75) is 49.0 Å². The summed E-state index contributed by atoms with van der Waals surface area (Å²) in [7, 11) is 0. The molecule has 0 radical (unpaired) electrons. The number of aromatic hydroxyl groups is 5. The number of aliphatic carboxylic acids is 1. The van der Waals surface area contributed by atoms with Gasteiger partial charge < -0.3 is 60.2 Å². The maximum Gasteiger partial charge on any atom is 0.331 e. The summed E-state index contributed by atoms with van der Waals surface area (Å²) in [5.74, 6) is -7.49. The van der Waals surface area contributed by atoms with Gasteiger partial charge in [0, 0.05) is 35.6 Å². The Balaban J connectivity index is 1.48. The van der Waals surface area contributed by atoms with E-state index in [9.17, 15) is 55.5 Å². The van der Waals surface area contributed by atoms with E-state index < -0.39 is 89.8 Å². The van der Waals surface area contributed by atoms with Crippen LogP contribution in [0, 0.1) is 5.92 Å². The number of ether oxygens (including phenoxy) is 3. The lowest BCUT2D eigenvalue weighted by Gasteiger charge is -2.46. The SMILES string of the molecule is O=C(O)C1=C[C@@H](O)[C@@H](O)[C@H](OC(=O)[C@H]2[C@H]3c4c(cc(O)cc4O[C@@H]2c2ccc(O)c(O)c2)O[C@H](c2ccc(O)c(O)c2)[C@@H]3O)C1. The molecule has 0 amide bonds. The van der Waals surface area contributed by atoms with E-state index in [1.54, 1.807) is 0 Å². The van der Waals surface area contributed by atoms with E-state index in [1.165, 1.54) is 30.3 Å². The predicted molar refractivity (Wildman–Crippen MR) is 149 cm³/mol. The van der Waals surface area contributed by atoms with E-state index in [0.29, 0.717) is 0 Å². The smallest absolute Gasteiger partial charge is 0.331 e. The van der Waals surface area contributed by atoms with Crippen LogP contribution >= 0.6 is 0 Å². The fraction of sp³-hybridized carbons (Fsp3) is 0.290. The highest BCUT2D eigenvalue weighted by atomic mass is 16.6. The Bertz CT molecular complexity index is 1700. The van der Waals surface area contributed by atoms with Gasteiger partial charge in [-0.2, -0.15) is 0 Å². The number of aliphatic hydroxyl groups excluding tert-OH is 3. The third-order valence-corrected chi connectivity index (χ3v) is 8.32. The average Bonchev–Trinajstić information content (AvgIpc) is 2.99. The summed E-state index contributed by atoms with van der Waals surface area (Å²) in [4.78, 5) is 25.8. The molecule has 0 saturated carbocycles. The molecule has 8 atom stereocenters. The number of hydrogen-bond acceptors (Lipinski definition) is 13. The number of carboxylic acids is 1. The van der Waals surface area contributed by atoms with Crippen molar-refractivity contribution in [2.75, 3.05) is 0 Å². The Kier molecular flexibility index (Phi) is 7.35. The number of carbonyl (C=O) groups is 2. The Morgan fingerprint density at radius 3 is 1.84 bits per heavy atom. The Morgan fingerprint density at radius 1 is 0.733 bits per heavy atom. The first-order valence-electron chi connectivity index (χ1n) is 13.8. The zero-order valence-electron chi connectivity index (χ0n) is 23.1. The molecule has 0 saturated heterocycles. The van der Waals surface area contributed by atoms with Crippen LogP contribution in [0.2, 0.25) is 0 Å². The van der Waals surface area contributed by atoms with Crippen molar-refractivity contribution < 1.29 is 69.8 Å². The predicted octanol–water partition coefficient (Wildman–Crippen LogP) is 1.59. The third-order valence-electron chi connectivity index (χ3n) is 8.32. The molecule has 2 aliphatic heterocycles. The van der Waals surface area contributed by atoms with Crippen LogP contribution in [0.25, 0.3) is 0 Å². The van der Waals surface area contributed by atoms with Gasteiger partial charge in [-0.25, -0.2) is 4.79 Å². The zero-order chi connectivity index (χ0) is 32.3. The Hall–Kier alpha value is -5.18. The third kappa shape index (κ3) is 5.18. The quantitative estimate of drug-likeness (QED) is 0.145. The van der Waals surface area contributed by atoms with Gasteiger partial charge in [0.05, 0.1) is 0 Å². The van der Waals surface area contributed by atoms with Crippen LogP contribution < -0.4 is 9.47 Å². The van der Waals surface area contributed by atoms with Gasteiger partial charge >= 0.3 is 11.9 Å². The van der Waals surface area contributed by atoms with Gasteiger partial charge in [-0.1, -0.05) is 12.1 Å². The molecule has 0 bridgehead atoms. The molecule has 0 spiro atoms. The lowest BCUT2D eigenvalue weighted by Crippen LogP contribution is -2.49. The number of benzene rings is 3. The molecule has 236 valence electrons. The number of hydrogen-bond donors (Lipinski definition) is 9. The summed E-state index contributed by atoms with van der Waals surface area (Å²) in [6.45, 7) is 0. The van der Waals surface area contributed by atoms with Gasteiger partial charge in [0.2, 0.25) is 0 Å². The Morgan fingerprint density at radius 2 is 1.29 bits per heavy atom. The van der Waals surface area contributed by atoms with Gasteiger partial charge in [0.1, 0.15) is 53.7 Å². The van der Waals surface area contributed by atoms with E-state index >= 15 is 0 Å². The number of rotatable bonds is 5. The second-order valence-corrected chi connectivity index (χ2v) is 11.1. The van der Waals surface area contributed by atoms with Gasteiger partial charge in [0.15, 0.2) is 29.1 Å². The van der Waals surface area contributed by atoms with Gasteiger partial charge in [-0.15, -0.1) is 0 Å². The van der Waals surface area contributed by atoms with Crippen LogP contribution in [0.3, 0.4) is 0 Å². The highest BCUT2D eigenvalue weighted by Gasteiger charge is 2.54. The van der Waals surface area contributed by atoms with Gasteiger partial charge in [-0.3, -0.25) is 4.79 Å². The maximum absolute atomic E-state index is 14.2. The first-order chi connectivity index (χ1) is 21.3. The number of phenolic OH excluding ortho intramolecular Hbond substituents is 5. The molecule has 3 aromatic carbocycles. The van der Waals surface area contributed by atoms with Crippen LogP contribution in [0.5, 0.6) is 40.2 Å². The Labute approximate surface area is 253 Å². The van der Waals surface area contributed by atoms with Crippen LogP contribution in [-0.2, 0) is 14.3 Å². The second-order valence-electron chi connectivity index (χ2n) is 11.1. The largest absolute Gasteiger partial charge is 0.508 e. The molecule has 0 unspecified atom stereocenters. The fourth-order valence-corrected chi connectivity index (χ4v) is 6.14. The summed E-state index contributed by atoms with van der Waals surface area (Å²) in [5, 5.41) is 92.8. The van der Waals surface area contributed by atoms with Crippen LogP contribution in [0.1, 0.15) is 41.2 Å². The normalized spacial score (nSPS) is 28.6. The topological polar surface area (TPSA) is 244 Å². The molecule has 2 heterocycles. The van der Waals surface area contributed by atoms with Crippen molar-refractivity contribution in [1.82, 2.24) is 0 Å². The number of carbonyl (C=O) groups excluding carboxylic acids is 1. The van der Waals surface area contributed by atoms with E-state index in [1.807, 2.05) is 0 Å². The number of esters is 1. The molecule has 3 aliphatic rings. The second kappa shape index (κ2) is 11.1. The summed E-state index contributed by atoms with van der Waals surface area (Å²) in [6, 6.07) is 9.78. The highest BCUT2D eigenvalue weighted by molar-refractivity contribution is 5.87. The summed E-state index contributed by atoms with van der Waals surface area (Å²) >= 11 is 0. The molecular formula is C31H28O14. The van der Waals surface area contributed by atoms with E-state index in [0.717, 1.165) is 24.3 Å². The van der Waals surface area contributed by atoms with Crippen molar-refractivity contribution in [3.63, 3.8) is 0 Å². The van der Waals surface area contributed by atoms with E-state index in [2.05, 4.69) is 0 Å². The standard InChI is InChI=1S/C31H28O14/c32-14-9-20-23-21(10-14)44-29(12-2-4-16(34)18(36)6-12)27(39)24(23)25(28(43-20)11-1-3-15(33)17(35)5-11)31(42)45-22-8-13(30(40)41)7-19(37)26(22)38/h1-7,9-10,19,22,24-29,32-39H,8H2,(H,40,41)/t19-,22-,24-,25+,26-,27-,28-,29-/m1/s1. The average molecular weight is 625 g/mol. The minimum Gasteiger partial charge on any atom is -0.508 e. The molecule has 6 rings (SSSR count). The fourth-order valence-electron chi connectivity index (χ4n) is 6.14. The molecule has 45 heavy (non-hydrogen) atoms. The first kappa shape index (κ1) is 29.9. The molecule has 9 N–H and O–H groups in total. The molecule has 0 fully saturated rings. The molecule has 3 aromatic rings. The number of carboxylic acid groups (broad SMARTS) is 1. The minimum atomic E-state index is -1.69. The van der Waals surface area contributed by atoms with E-state index in [-0.39, 0.29) is 39.5 Å². The minimum absolute atomic E-state index is 0.00638. The molecular weight excluding hydrogens is 596 g/mol.